The minimum Gasteiger partial charge on any atom is -0.465 e. The molecule has 0 aliphatic heterocycles. The number of rotatable bonds is 7. The first-order chi connectivity index (χ1) is 8.12. The average molecular weight is 275 g/mol. The van der Waals surface area contributed by atoms with Crippen LogP contribution in [0.4, 0.5) is 0 Å². The van der Waals surface area contributed by atoms with E-state index in [0.717, 1.165) is 0 Å². The van der Waals surface area contributed by atoms with E-state index in [0.29, 0.717) is 19.8 Å². The first-order valence-electron chi connectivity index (χ1n) is 6.66. The molecule has 108 valence electrons. The SMILES string of the molecule is CCOC(=O)C(C)NCCO[Si](C)(C)C(C)(C)C. The zero-order chi connectivity index (χ0) is 14.4. The van der Waals surface area contributed by atoms with Gasteiger partial charge in [-0.2, -0.15) is 0 Å². The lowest BCUT2D eigenvalue weighted by Gasteiger charge is -2.36. The quantitative estimate of drug-likeness (QED) is 0.441. The van der Waals surface area contributed by atoms with Gasteiger partial charge in [0.25, 0.3) is 0 Å². The molecule has 1 unspecified atom stereocenters. The van der Waals surface area contributed by atoms with Crippen LogP contribution in [0.5, 0.6) is 0 Å². The van der Waals surface area contributed by atoms with E-state index in [1.807, 2.05) is 13.8 Å². The van der Waals surface area contributed by atoms with Crippen LogP contribution in [0.2, 0.25) is 18.1 Å². The van der Waals surface area contributed by atoms with Crippen LogP contribution in [0.1, 0.15) is 34.6 Å². The predicted octanol–water partition coefficient (Wildman–Crippen LogP) is 2.55. The van der Waals surface area contributed by atoms with Crippen LogP contribution in [0.25, 0.3) is 0 Å². The van der Waals surface area contributed by atoms with Crippen LogP contribution in [0, 0.1) is 0 Å². The zero-order valence-electron chi connectivity index (χ0n) is 12.9. The molecule has 18 heavy (non-hydrogen) atoms. The van der Waals surface area contributed by atoms with Crippen molar-refractivity contribution in [1.82, 2.24) is 5.32 Å². The fourth-order valence-electron chi connectivity index (χ4n) is 1.15. The lowest BCUT2D eigenvalue weighted by molar-refractivity contribution is -0.145. The van der Waals surface area contributed by atoms with E-state index in [1.54, 1.807) is 0 Å². The molecule has 0 amide bonds. The minimum absolute atomic E-state index is 0.204. The molecular weight excluding hydrogens is 246 g/mol. The molecule has 0 fully saturated rings. The van der Waals surface area contributed by atoms with Crippen molar-refractivity contribution in [2.75, 3.05) is 19.8 Å². The summed E-state index contributed by atoms with van der Waals surface area (Å²) in [5, 5.41) is 3.34. The van der Waals surface area contributed by atoms with Crippen molar-refractivity contribution in [3.63, 3.8) is 0 Å². The molecule has 1 atom stereocenters. The standard InChI is InChI=1S/C13H29NO3Si/c1-8-16-12(15)11(2)14-9-10-17-18(6,7)13(3,4)5/h11,14H,8-10H2,1-7H3. The molecule has 0 aromatic heterocycles. The van der Waals surface area contributed by atoms with Crippen LogP contribution in [-0.4, -0.2) is 40.1 Å². The number of carbonyl (C=O) groups is 1. The van der Waals surface area contributed by atoms with Crippen LogP contribution >= 0.6 is 0 Å². The first-order valence-corrected chi connectivity index (χ1v) is 9.56. The Balaban J connectivity index is 3.90. The van der Waals surface area contributed by atoms with Crippen molar-refractivity contribution in [1.29, 1.82) is 0 Å². The lowest BCUT2D eigenvalue weighted by atomic mass is 10.2. The highest BCUT2D eigenvalue weighted by Crippen LogP contribution is 2.36. The second-order valence-electron chi connectivity index (χ2n) is 6.04. The normalized spacial score (nSPS) is 14.4. The Morgan fingerprint density at radius 2 is 1.89 bits per heavy atom. The number of carbonyl (C=O) groups excluding carboxylic acids is 1. The summed E-state index contributed by atoms with van der Waals surface area (Å²) in [7, 11) is -1.68. The van der Waals surface area contributed by atoms with Crippen LogP contribution in [0.3, 0.4) is 0 Å². The van der Waals surface area contributed by atoms with Crippen LogP contribution < -0.4 is 5.32 Å². The number of esters is 1. The molecule has 5 heteroatoms. The molecule has 0 aromatic rings. The molecule has 4 nitrogen and oxygen atoms in total. The molecule has 0 heterocycles. The van der Waals surface area contributed by atoms with Gasteiger partial charge in [0.05, 0.1) is 6.61 Å². The van der Waals surface area contributed by atoms with Crippen molar-refractivity contribution in [2.24, 2.45) is 0 Å². The molecule has 0 aliphatic carbocycles. The molecule has 0 radical (unpaired) electrons. The summed E-state index contributed by atoms with van der Waals surface area (Å²) in [5.41, 5.74) is 0. The largest absolute Gasteiger partial charge is 0.465 e. The van der Waals surface area contributed by atoms with E-state index < -0.39 is 8.32 Å². The van der Waals surface area contributed by atoms with Crippen molar-refractivity contribution in [3.05, 3.63) is 0 Å². The maximum Gasteiger partial charge on any atom is 0.322 e. The first kappa shape index (κ1) is 17.6. The van der Waals surface area contributed by atoms with E-state index in [-0.39, 0.29) is 17.0 Å². The van der Waals surface area contributed by atoms with E-state index in [4.69, 9.17) is 9.16 Å². The Hall–Kier alpha value is -0.393. The van der Waals surface area contributed by atoms with Gasteiger partial charge >= 0.3 is 5.97 Å². The van der Waals surface area contributed by atoms with Gasteiger partial charge in [-0.05, 0) is 32.0 Å². The lowest BCUT2D eigenvalue weighted by Crippen LogP contribution is -2.44. The van der Waals surface area contributed by atoms with Crippen molar-refractivity contribution in [3.8, 4) is 0 Å². The smallest absolute Gasteiger partial charge is 0.322 e. The van der Waals surface area contributed by atoms with Gasteiger partial charge in [-0.3, -0.25) is 4.79 Å². The van der Waals surface area contributed by atoms with Gasteiger partial charge in [0, 0.05) is 13.2 Å². The number of ether oxygens (including phenoxy) is 1. The Labute approximate surface area is 113 Å². The van der Waals surface area contributed by atoms with Gasteiger partial charge in [-0.1, -0.05) is 20.8 Å². The van der Waals surface area contributed by atoms with Crippen molar-refractivity contribution < 1.29 is 14.0 Å². The zero-order valence-corrected chi connectivity index (χ0v) is 13.9. The monoisotopic (exact) mass is 275 g/mol. The van der Waals surface area contributed by atoms with Gasteiger partial charge in [0.2, 0.25) is 0 Å². The van der Waals surface area contributed by atoms with Crippen molar-refractivity contribution >= 4 is 14.3 Å². The molecule has 0 saturated carbocycles. The summed E-state index contributed by atoms with van der Waals surface area (Å²) in [6.07, 6.45) is 0. The third-order valence-electron chi connectivity index (χ3n) is 3.46. The molecule has 0 aromatic carbocycles. The maximum atomic E-state index is 11.4. The topological polar surface area (TPSA) is 47.6 Å². The van der Waals surface area contributed by atoms with E-state index in [9.17, 15) is 4.79 Å². The number of nitrogens with one attached hydrogen (secondary N) is 1. The fourth-order valence-corrected chi connectivity index (χ4v) is 2.19. The Morgan fingerprint density at radius 1 is 1.33 bits per heavy atom. The highest BCUT2D eigenvalue weighted by molar-refractivity contribution is 6.74. The molecule has 0 spiro atoms. The maximum absolute atomic E-state index is 11.4. The molecule has 0 bridgehead atoms. The Bertz CT molecular complexity index is 261. The average Bonchev–Trinajstić information content (AvgIpc) is 2.22. The predicted molar refractivity (Wildman–Crippen MR) is 77.2 cm³/mol. The highest BCUT2D eigenvalue weighted by Gasteiger charge is 2.36. The van der Waals surface area contributed by atoms with Crippen LogP contribution in [0.15, 0.2) is 0 Å². The van der Waals surface area contributed by atoms with Gasteiger partial charge < -0.3 is 14.5 Å². The third-order valence-corrected chi connectivity index (χ3v) is 8.00. The number of hydrogen-bond donors (Lipinski definition) is 1. The minimum atomic E-state index is -1.68. The molecule has 0 saturated heterocycles. The van der Waals surface area contributed by atoms with E-state index >= 15 is 0 Å². The molecule has 0 rings (SSSR count). The fraction of sp³-hybridized carbons (Fsp3) is 0.923. The summed E-state index contributed by atoms with van der Waals surface area (Å²) in [4.78, 5) is 11.4. The van der Waals surface area contributed by atoms with Gasteiger partial charge in [0.1, 0.15) is 6.04 Å². The van der Waals surface area contributed by atoms with Crippen molar-refractivity contribution in [2.45, 2.75) is 58.8 Å². The van der Waals surface area contributed by atoms with E-state index in [2.05, 4.69) is 39.2 Å². The summed E-state index contributed by atoms with van der Waals surface area (Å²) < 4.78 is 10.9. The Morgan fingerprint density at radius 3 is 2.33 bits per heavy atom. The summed E-state index contributed by atoms with van der Waals surface area (Å²) >= 11 is 0. The molecule has 0 aliphatic rings. The summed E-state index contributed by atoms with van der Waals surface area (Å²) in [6.45, 7) is 16.5. The second-order valence-corrected chi connectivity index (χ2v) is 10.8. The molecular formula is C13H29NO3Si. The molecule has 1 N–H and O–H groups in total. The van der Waals surface area contributed by atoms with Crippen LogP contribution in [-0.2, 0) is 14.0 Å². The second kappa shape index (κ2) is 7.26. The van der Waals surface area contributed by atoms with Gasteiger partial charge in [-0.25, -0.2) is 0 Å². The highest BCUT2D eigenvalue weighted by atomic mass is 28.4. The van der Waals surface area contributed by atoms with Gasteiger partial charge in [-0.15, -0.1) is 0 Å². The summed E-state index contributed by atoms with van der Waals surface area (Å²) in [6, 6.07) is -0.270. The van der Waals surface area contributed by atoms with E-state index in [1.165, 1.54) is 0 Å². The van der Waals surface area contributed by atoms with Gasteiger partial charge in [0.15, 0.2) is 8.32 Å². The number of hydrogen-bond acceptors (Lipinski definition) is 4. The third kappa shape index (κ3) is 5.98. The Kier molecular flexibility index (Phi) is 7.10. The summed E-state index contributed by atoms with van der Waals surface area (Å²) in [5.74, 6) is -0.204.